The van der Waals surface area contributed by atoms with E-state index in [0.29, 0.717) is 5.56 Å². The van der Waals surface area contributed by atoms with E-state index in [2.05, 4.69) is 0 Å². The number of hydrogen-bond donors (Lipinski definition) is 0. The number of rotatable bonds is 5. The number of hydrogen-bond acceptors (Lipinski definition) is 7. The molecule has 1 aromatic carbocycles. The van der Waals surface area contributed by atoms with Crippen LogP contribution in [0.3, 0.4) is 0 Å². The molecule has 1 aromatic rings. The zero-order chi connectivity index (χ0) is 20.4. The molecule has 0 bridgehead atoms. The van der Waals surface area contributed by atoms with Crippen LogP contribution in [0, 0.1) is 11.8 Å². The fourth-order valence-corrected chi connectivity index (χ4v) is 6.23. The van der Waals surface area contributed by atoms with E-state index in [-0.39, 0.29) is 0 Å². The highest BCUT2D eigenvalue weighted by Gasteiger charge is 2.71. The SMILES string of the molecule is COC(=O)[C@H]1[C@@H](c2ccccc2)O[C@@](C(=O)OC)([Si](C)(C)C)[C@@H]1C(=O)OC. The summed E-state index contributed by atoms with van der Waals surface area (Å²) in [5.74, 6) is -4.21. The third kappa shape index (κ3) is 3.39. The summed E-state index contributed by atoms with van der Waals surface area (Å²) < 4.78 is 21.3. The minimum Gasteiger partial charge on any atom is -0.469 e. The summed E-state index contributed by atoms with van der Waals surface area (Å²) in [5.41, 5.74) is 0.672. The van der Waals surface area contributed by atoms with Crippen molar-refractivity contribution >= 4 is 26.0 Å². The van der Waals surface area contributed by atoms with Crippen molar-refractivity contribution in [2.24, 2.45) is 11.8 Å². The minimum absolute atomic E-state index is 0.636. The lowest BCUT2D eigenvalue weighted by Gasteiger charge is -2.40. The van der Waals surface area contributed by atoms with E-state index >= 15 is 0 Å². The summed E-state index contributed by atoms with van der Waals surface area (Å²) in [7, 11) is 1.12. The molecule has 27 heavy (non-hydrogen) atoms. The number of ether oxygens (including phenoxy) is 4. The summed E-state index contributed by atoms with van der Waals surface area (Å²) in [6, 6.07) is 8.99. The molecule has 0 saturated carbocycles. The quantitative estimate of drug-likeness (QED) is 0.429. The number of carbonyl (C=O) groups excluding carboxylic acids is 3. The van der Waals surface area contributed by atoms with Gasteiger partial charge in [-0.3, -0.25) is 9.59 Å². The second kappa shape index (κ2) is 7.81. The zero-order valence-corrected chi connectivity index (χ0v) is 17.5. The van der Waals surface area contributed by atoms with Crippen LogP contribution in [-0.4, -0.2) is 52.5 Å². The molecule has 148 valence electrons. The molecule has 7 nitrogen and oxygen atoms in total. The first-order valence-corrected chi connectivity index (χ1v) is 12.1. The van der Waals surface area contributed by atoms with E-state index in [1.807, 2.05) is 25.7 Å². The Labute approximate surface area is 159 Å². The monoisotopic (exact) mass is 394 g/mol. The molecule has 1 fully saturated rings. The second-order valence-electron chi connectivity index (χ2n) is 7.48. The van der Waals surface area contributed by atoms with E-state index in [0.717, 1.165) is 0 Å². The molecule has 0 N–H and O–H groups in total. The van der Waals surface area contributed by atoms with Crippen LogP contribution in [0.15, 0.2) is 30.3 Å². The normalized spacial score (nSPS) is 27.7. The van der Waals surface area contributed by atoms with Gasteiger partial charge in [0.2, 0.25) is 0 Å². The second-order valence-corrected chi connectivity index (χ2v) is 12.7. The van der Waals surface area contributed by atoms with Gasteiger partial charge in [-0.15, -0.1) is 0 Å². The van der Waals surface area contributed by atoms with Gasteiger partial charge in [-0.25, -0.2) is 4.79 Å². The lowest BCUT2D eigenvalue weighted by molar-refractivity contribution is -0.169. The Morgan fingerprint density at radius 2 is 1.48 bits per heavy atom. The highest BCUT2D eigenvalue weighted by atomic mass is 28.3. The third-order valence-electron chi connectivity index (χ3n) is 5.10. The molecular formula is C19H26O7Si. The van der Waals surface area contributed by atoms with Gasteiger partial charge in [-0.1, -0.05) is 50.0 Å². The van der Waals surface area contributed by atoms with E-state index in [1.165, 1.54) is 21.3 Å². The van der Waals surface area contributed by atoms with E-state index in [9.17, 15) is 14.4 Å². The highest BCUT2D eigenvalue weighted by Crippen LogP contribution is 2.53. The van der Waals surface area contributed by atoms with Crippen molar-refractivity contribution in [3.63, 3.8) is 0 Å². The van der Waals surface area contributed by atoms with Gasteiger partial charge in [0.1, 0.15) is 11.8 Å². The standard InChI is InChI=1S/C19H26O7Si/c1-23-16(20)13-14(17(21)24-2)19(18(22)25-3,27(4,5)6)26-15(13)12-10-8-7-9-11-12/h7-11,13-15H,1-6H3/t13-,14+,15-,19-/m1/s1. The average Bonchev–Trinajstić information content (AvgIpc) is 3.04. The Balaban J connectivity index is 2.77. The predicted octanol–water partition coefficient (Wildman–Crippen LogP) is 2.13. The first-order valence-electron chi connectivity index (χ1n) is 8.62. The fraction of sp³-hybridized carbons (Fsp3) is 0.526. The van der Waals surface area contributed by atoms with Gasteiger partial charge in [-0.05, 0) is 5.56 Å². The van der Waals surface area contributed by atoms with Crippen molar-refractivity contribution in [2.75, 3.05) is 21.3 Å². The molecule has 0 radical (unpaired) electrons. The Kier molecular flexibility index (Phi) is 6.11. The largest absolute Gasteiger partial charge is 0.469 e. The maximum atomic E-state index is 13.0. The molecule has 0 spiro atoms. The molecule has 1 heterocycles. The molecule has 2 rings (SSSR count). The molecular weight excluding hydrogens is 368 g/mol. The van der Waals surface area contributed by atoms with Gasteiger partial charge in [-0.2, -0.15) is 0 Å². The molecule has 4 atom stereocenters. The van der Waals surface area contributed by atoms with Crippen LogP contribution < -0.4 is 0 Å². The summed E-state index contributed by atoms with van der Waals surface area (Å²) in [6.45, 7) is 5.67. The number of benzene rings is 1. The van der Waals surface area contributed by atoms with Crippen LogP contribution in [0.1, 0.15) is 11.7 Å². The summed E-state index contributed by atoms with van der Waals surface area (Å²) in [5, 5.41) is -1.59. The van der Waals surface area contributed by atoms with Crippen LogP contribution in [0.5, 0.6) is 0 Å². The fourth-order valence-electron chi connectivity index (χ4n) is 3.80. The van der Waals surface area contributed by atoms with E-state index in [4.69, 9.17) is 18.9 Å². The minimum atomic E-state index is -2.58. The van der Waals surface area contributed by atoms with Gasteiger partial charge in [0.05, 0.1) is 35.5 Å². The Morgan fingerprint density at radius 1 is 0.926 bits per heavy atom. The maximum absolute atomic E-state index is 13.0. The van der Waals surface area contributed by atoms with Gasteiger partial charge in [0.15, 0.2) is 5.22 Å². The van der Waals surface area contributed by atoms with Crippen LogP contribution >= 0.6 is 0 Å². The van der Waals surface area contributed by atoms with Crippen molar-refractivity contribution in [1.29, 1.82) is 0 Å². The summed E-state index contributed by atoms with van der Waals surface area (Å²) >= 11 is 0. The topological polar surface area (TPSA) is 88.1 Å². The van der Waals surface area contributed by atoms with Crippen LogP contribution in [-0.2, 0) is 33.3 Å². The predicted molar refractivity (Wildman–Crippen MR) is 99.4 cm³/mol. The number of methoxy groups -OCH3 is 3. The van der Waals surface area contributed by atoms with Crippen molar-refractivity contribution in [2.45, 2.75) is 31.0 Å². The lowest BCUT2D eigenvalue weighted by Crippen LogP contribution is -2.64. The first kappa shape index (κ1) is 21.1. The van der Waals surface area contributed by atoms with E-state index < -0.39 is 49.1 Å². The molecule has 1 aliphatic rings. The molecule has 0 unspecified atom stereocenters. The van der Waals surface area contributed by atoms with Crippen molar-refractivity contribution in [3.05, 3.63) is 35.9 Å². The van der Waals surface area contributed by atoms with Crippen molar-refractivity contribution in [1.82, 2.24) is 0 Å². The molecule has 1 aliphatic heterocycles. The summed E-state index contributed by atoms with van der Waals surface area (Å²) in [4.78, 5) is 38.5. The zero-order valence-electron chi connectivity index (χ0n) is 16.5. The van der Waals surface area contributed by atoms with Gasteiger partial charge < -0.3 is 18.9 Å². The maximum Gasteiger partial charge on any atom is 0.335 e. The molecule has 0 amide bonds. The highest BCUT2D eigenvalue weighted by molar-refractivity contribution is 6.82. The van der Waals surface area contributed by atoms with Crippen LogP contribution in [0.2, 0.25) is 19.6 Å². The molecule has 0 aromatic heterocycles. The molecule has 0 aliphatic carbocycles. The Bertz CT molecular complexity index is 713. The lowest BCUT2D eigenvalue weighted by atomic mass is 9.84. The van der Waals surface area contributed by atoms with Crippen molar-refractivity contribution < 1.29 is 33.3 Å². The van der Waals surface area contributed by atoms with Crippen molar-refractivity contribution in [3.8, 4) is 0 Å². The smallest absolute Gasteiger partial charge is 0.335 e. The Morgan fingerprint density at radius 3 is 1.93 bits per heavy atom. The Hall–Kier alpha value is -2.19. The van der Waals surface area contributed by atoms with Crippen LogP contribution in [0.25, 0.3) is 0 Å². The first-order chi connectivity index (χ1) is 12.7. The third-order valence-corrected chi connectivity index (χ3v) is 7.96. The summed E-state index contributed by atoms with van der Waals surface area (Å²) in [6.07, 6.45) is -0.839. The van der Waals surface area contributed by atoms with Crippen LogP contribution in [0.4, 0.5) is 0 Å². The van der Waals surface area contributed by atoms with Gasteiger partial charge >= 0.3 is 17.9 Å². The average molecular weight is 394 g/mol. The van der Waals surface area contributed by atoms with E-state index in [1.54, 1.807) is 24.3 Å². The molecule has 8 heteroatoms. The molecule has 1 saturated heterocycles. The van der Waals surface area contributed by atoms with Gasteiger partial charge in [0, 0.05) is 0 Å². The van der Waals surface area contributed by atoms with Gasteiger partial charge in [0.25, 0.3) is 0 Å². The number of carbonyl (C=O) groups is 3. The number of esters is 3.